The first kappa shape index (κ1) is 22.0. The number of aliphatic hydroxyl groups excluding tert-OH is 1. The standard InChI is InChI=1S/C22H30N2O6/c1-14(25)18-19(15-12-16(28-2)21(30-4)17(13-15)29-3)24(22(27)20(18)26)11-10-23-8-6-5-7-9-23/h12-13,19,26H,5-11H2,1-4H3. The minimum Gasteiger partial charge on any atom is -0.503 e. The molecule has 164 valence electrons. The predicted molar refractivity (Wildman–Crippen MR) is 111 cm³/mol. The van der Waals surface area contributed by atoms with Crippen molar-refractivity contribution in [3.63, 3.8) is 0 Å². The van der Waals surface area contributed by atoms with Gasteiger partial charge in [0, 0.05) is 13.1 Å². The molecule has 0 saturated carbocycles. The second kappa shape index (κ2) is 9.38. The minimum absolute atomic E-state index is 0.0907. The lowest BCUT2D eigenvalue weighted by molar-refractivity contribution is -0.129. The number of ketones is 1. The number of nitrogens with zero attached hydrogens (tertiary/aromatic N) is 2. The van der Waals surface area contributed by atoms with Crippen LogP contribution in [0.3, 0.4) is 0 Å². The minimum atomic E-state index is -0.714. The molecular weight excluding hydrogens is 388 g/mol. The molecule has 1 N–H and O–H groups in total. The second-order valence-electron chi connectivity index (χ2n) is 7.58. The molecule has 1 unspecified atom stereocenters. The lowest BCUT2D eigenvalue weighted by atomic mass is 9.96. The summed E-state index contributed by atoms with van der Waals surface area (Å²) in [5, 5.41) is 10.5. The molecule has 2 aliphatic rings. The van der Waals surface area contributed by atoms with Crippen LogP contribution in [0.25, 0.3) is 0 Å². The second-order valence-corrected chi connectivity index (χ2v) is 7.58. The quantitative estimate of drug-likeness (QED) is 0.694. The van der Waals surface area contributed by atoms with Crippen LogP contribution >= 0.6 is 0 Å². The van der Waals surface area contributed by atoms with Gasteiger partial charge in [-0.15, -0.1) is 0 Å². The number of Topliss-reactive ketones (excluding diaryl/α,β-unsaturated/α-hetero) is 1. The molecule has 2 heterocycles. The maximum absolute atomic E-state index is 12.9. The number of amides is 1. The molecule has 8 heteroatoms. The van der Waals surface area contributed by atoms with Crippen molar-refractivity contribution in [1.29, 1.82) is 0 Å². The van der Waals surface area contributed by atoms with Gasteiger partial charge in [0.25, 0.3) is 5.91 Å². The fourth-order valence-corrected chi connectivity index (χ4v) is 4.28. The lowest BCUT2D eigenvalue weighted by Crippen LogP contribution is -2.40. The Balaban J connectivity index is 2.00. The van der Waals surface area contributed by atoms with Gasteiger partial charge in [-0.25, -0.2) is 0 Å². The third-order valence-electron chi connectivity index (χ3n) is 5.79. The number of benzene rings is 1. The molecule has 1 atom stereocenters. The Labute approximate surface area is 177 Å². The van der Waals surface area contributed by atoms with E-state index in [1.54, 1.807) is 17.0 Å². The van der Waals surface area contributed by atoms with E-state index in [9.17, 15) is 14.7 Å². The van der Waals surface area contributed by atoms with Gasteiger partial charge in [-0.05, 0) is 50.6 Å². The fraction of sp³-hybridized carbons (Fsp3) is 0.545. The van der Waals surface area contributed by atoms with Crippen molar-refractivity contribution in [1.82, 2.24) is 9.80 Å². The third-order valence-corrected chi connectivity index (χ3v) is 5.79. The molecule has 0 aromatic heterocycles. The first-order valence-electron chi connectivity index (χ1n) is 10.2. The number of methoxy groups -OCH3 is 3. The van der Waals surface area contributed by atoms with Crippen molar-refractivity contribution in [3.05, 3.63) is 29.0 Å². The van der Waals surface area contributed by atoms with E-state index in [2.05, 4.69) is 4.90 Å². The van der Waals surface area contributed by atoms with Gasteiger partial charge in [0.2, 0.25) is 5.75 Å². The van der Waals surface area contributed by atoms with Crippen molar-refractivity contribution in [2.75, 3.05) is 47.5 Å². The molecule has 0 spiro atoms. The molecule has 30 heavy (non-hydrogen) atoms. The summed E-state index contributed by atoms with van der Waals surface area (Å²) in [6, 6.07) is 2.72. The van der Waals surface area contributed by atoms with Crippen LogP contribution < -0.4 is 14.2 Å². The molecule has 0 aliphatic carbocycles. The summed E-state index contributed by atoms with van der Waals surface area (Å²) in [4.78, 5) is 29.1. The summed E-state index contributed by atoms with van der Waals surface area (Å²) in [7, 11) is 4.53. The Morgan fingerprint density at radius 1 is 1.03 bits per heavy atom. The van der Waals surface area contributed by atoms with Crippen LogP contribution in [-0.4, -0.2) is 74.1 Å². The van der Waals surface area contributed by atoms with Gasteiger partial charge in [0.15, 0.2) is 23.0 Å². The predicted octanol–water partition coefficient (Wildman–Crippen LogP) is 2.48. The number of hydrogen-bond donors (Lipinski definition) is 1. The van der Waals surface area contributed by atoms with E-state index >= 15 is 0 Å². The van der Waals surface area contributed by atoms with E-state index in [4.69, 9.17) is 14.2 Å². The average molecular weight is 418 g/mol. The van der Waals surface area contributed by atoms with E-state index < -0.39 is 17.7 Å². The maximum atomic E-state index is 12.9. The molecule has 3 rings (SSSR count). The molecule has 8 nitrogen and oxygen atoms in total. The number of rotatable bonds is 8. The first-order valence-corrected chi connectivity index (χ1v) is 10.2. The van der Waals surface area contributed by atoms with E-state index in [0.717, 1.165) is 25.9 Å². The molecule has 1 saturated heterocycles. The van der Waals surface area contributed by atoms with Crippen molar-refractivity contribution < 1.29 is 28.9 Å². The van der Waals surface area contributed by atoms with Crippen LogP contribution in [0.4, 0.5) is 0 Å². The van der Waals surface area contributed by atoms with Crippen LogP contribution in [-0.2, 0) is 9.59 Å². The molecule has 1 aromatic rings. The normalized spacial score (nSPS) is 19.9. The Hall–Kier alpha value is -2.74. The van der Waals surface area contributed by atoms with Crippen molar-refractivity contribution in [3.8, 4) is 17.2 Å². The topological polar surface area (TPSA) is 88.5 Å². The highest BCUT2D eigenvalue weighted by Gasteiger charge is 2.43. The summed E-state index contributed by atoms with van der Waals surface area (Å²) in [6.07, 6.45) is 3.52. The Kier molecular flexibility index (Phi) is 6.87. The zero-order chi connectivity index (χ0) is 21.8. The zero-order valence-corrected chi connectivity index (χ0v) is 18.1. The van der Waals surface area contributed by atoms with Crippen LogP contribution in [0.1, 0.15) is 37.8 Å². The number of likely N-dealkylation sites (tertiary alicyclic amines) is 1. The summed E-state index contributed by atoms with van der Waals surface area (Å²) < 4.78 is 16.3. The van der Waals surface area contributed by atoms with Crippen LogP contribution in [0.5, 0.6) is 17.2 Å². The van der Waals surface area contributed by atoms with Crippen LogP contribution in [0.2, 0.25) is 0 Å². The summed E-state index contributed by atoms with van der Waals surface area (Å²) in [5.74, 6) is -0.101. The van der Waals surface area contributed by atoms with Crippen LogP contribution in [0.15, 0.2) is 23.5 Å². The third kappa shape index (κ3) is 4.09. The molecule has 1 aromatic carbocycles. The number of aliphatic hydroxyl groups is 1. The number of piperidine rings is 1. The first-order chi connectivity index (χ1) is 14.4. The van der Waals surface area contributed by atoms with Gasteiger partial charge in [-0.2, -0.15) is 0 Å². The van der Waals surface area contributed by atoms with Gasteiger partial charge in [0.1, 0.15) is 0 Å². The van der Waals surface area contributed by atoms with Gasteiger partial charge >= 0.3 is 0 Å². The molecule has 0 bridgehead atoms. The van der Waals surface area contributed by atoms with E-state index in [1.807, 2.05) is 0 Å². The van der Waals surface area contributed by atoms with Gasteiger partial charge < -0.3 is 29.1 Å². The smallest absolute Gasteiger partial charge is 0.290 e. The number of ether oxygens (including phenoxy) is 3. The number of carbonyl (C=O) groups excluding carboxylic acids is 2. The highest BCUT2D eigenvalue weighted by molar-refractivity contribution is 6.08. The lowest BCUT2D eigenvalue weighted by Gasteiger charge is -2.32. The Morgan fingerprint density at radius 3 is 2.13 bits per heavy atom. The van der Waals surface area contributed by atoms with Crippen molar-refractivity contribution >= 4 is 11.7 Å². The summed E-state index contributed by atoms with van der Waals surface area (Å²) >= 11 is 0. The van der Waals surface area contributed by atoms with E-state index in [1.165, 1.54) is 34.7 Å². The maximum Gasteiger partial charge on any atom is 0.290 e. The fourth-order valence-electron chi connectivity index (χ4n) is 4.28. The average Bonchev–Trinajstić information content (AvgIpc) is 3.02. The largest absolute Gasteiger partial charge is 0.503 e. The monoisotopic (exact) mass is 418 g/mol. The SMILES string of the molecule is COc1cc(C2C(C(C)=O)=C(O)C(=O)N2CCN2CCCCC2)cc(OC)c1OC. The molecule has 0 radical (unpaired) electrons. The van der Waals surface area contributed by atoms with Crippen LogP contribution in [0, 0.1) is 0 Å². The molecule has 2 aliphatic heterocycles. The molecule has 1 fully saturated rings. The Morgan fingerprint density at radius 2 is 1.63 bits per heavy atom. The molecule has 1 amide bonds. The highest BCUT2D eigenvalue weighted by Crippen LogP contribution is 2.44. The summed E-state index contributed by atoms with van der Waals surface area (Å²) in [5.41, 5.74) is 0.707. The Bertz CT molecular complexity index is 819. The number of hydrogen-bond acceptors (Lipinski definition) is 7. The van der Waals surface area contributed by atoms with E-state index in [-0.39, 0.29) is 11.4 Å². The molecular formula is C22H30N2O6. The van der Waals surface area contributed by atoms with Gasteiger partial charge in [-0.3, -0.25) is 9.59 Å². The summed E-state index contributed by atoms with van der Waals surface area (Å²) in [6.45, 7) is 4.44. The van der Waals surface area contributed by atoms with E-state index in [0.29, 0.717) is 35.9 Å². The highest BCUT2D eigenvalue weighted by atomic mass is 16.5. The van der Waals surface area contributed by atoms with Gasteiger partial charge in [0.05, 0.1) is 32.9 Å². The number of carbonyl (C=O) groups is 2. The van der Waals surface area contributed by atoms with Crippen molar-refractivity contribution in [2.45, 2.75) is 32.2 Å². The van der Waals surface area contributed by atoms with Gasteiger partial charge in [-0.1, -0.05) is 6.42 Å². The van der Waals surface area contributed by atoms with Crippen molar-refractivity contribution in [2.24, 2.45) is 0 Å². The zero-order valence-electron chi connectivity index (χ0n) is 18.1.